The third kappa shape index (κ3) is 4.84. The number of rotatable bonds is 8. The van der Waals surface area contributed by atoms with Gasteiger partial charge in [0.1, 0.15) is 6.10 Å². The molecule has 3 N–H and O–H groups in total. The minimum atomic E-state index is -1.28. The fourth-order valence-electron chi connectivity index (χ4n) is 2.85. The Kier molecular flexibility index (Phi) is 6.87. The van der Waals surface area contributed by atoms with Crippen LogP contribution in [0.15, 0.2) is 24.3 Å². The minimum Gasteiger partial charge on any atom is -0.478 e. The molecule has 24 heavy (non-hydrogen) atoms. The van der Waals surface area contributed by atoms with Crippen LogP contribution in [0.3, 0.4) is 0 Å². The molecule has 1 aliphatic heterocycles. The summed E-state index contributed by atoms with van der Waals surface area (Å²) in [6, 6.07) is 6.86. The van der Waals surface area contributed by atoms with Gasteiger partial charge in [-0.25, -0.2) is 4.79 Å². The molecule has 6 nitrogen and oxygen atoms in total. The average Bonchev–Trinajstić information content (AvgIpc) is 2.60. The van der Waals surface area contributed by atoms with E-state index < -0.39 is 25.9 Å². The Morgan fingerprint density at radius 3 is 2.62 bits per heavy atom. The molecule has 1 heterocycles. The van der Waals surface area contributed by atoms with Crippen molar-refractivity contribution in [1.29, 1.82) is 0 Å². The molecule has 1 aliphatic rings. The third-order valence-corrected chi connectivity index (χ3v) is 5.32. The first-order chi connectivity index (χ1) is 11.5. The summed E-state index contributed by atoms with van der Waals surface area (Å²) in [5.74, 6) is -0.937. The monoisotopic (exact) mass is 354 g/mol. The Labute approximate surface area is 143 Å². The molecule has 7 heteroatoms. The Morgan fingerprint density at radius 2 is 2.12 bits per heavy atom. The zero-order chi connectivity index (χ0) is 17.6. The smallest absolute Gasteiger partial charge is 0.362 e. The molecule has 0 amide bonds. The second kappa shape index (κ2) is 8.67. The van der Waals surface area contributed by atoms with Crippen molar-refractivity contribution in [3.63, 3.8) is 0 Å². The topological polar surface area (TPSA) is 95.9 Å². The van der Waals surface area contributed by atoms with Gasteiger partial charge in [-0.3, -0.25) is 0 Å². The highest BCUT2D eigenvalue weighted by Gasteiger charge is 2.47. The summed E-state index contributed by atoms with van der Waals surface area (Å²) >= 11 is 0. The van der Waals surface area contributed by atoms with Gasteiger partial charge in [0.15, 0.2) is 0 Å². The van der Waals surface area contributed by atoms with Crippen molar-refractivity contribution < 1.29 is 24.3 Å². The van der Waals surface area contributed by atoms with Gasteiger partial charge in [-0.2, -0.15) is 0 Å². The number of morpholine rings is 1. The van der Waals surface area contributed by atoms with E-state index in [1.807, 2.05) is 6.92 Å². The molecule has 0 bridgehead atoms. The zero-order valence-electron chi connectivity index (χ0n) is 13.8. The van der Waals surface area contributed by atoms with Gasteiger partial charge in [0.25, 0.3) is 5.34 Å². The number of aromatic carboxylic acids is 1. The Bertz CT molecular complexity index is 557. The van der Waals surface area contributed by atoms with E-state index in [2.05, 4.69) is 5.32 Å². The maximum absolute atomic E-state index is 11.4. The molecule has 2 rings (SSSR count). The van der Waals surface area contributed by atoms with Crippen molar-refractivity contribution >= 4 is 14.4 Å². The van der Waals surface area contributed by atoms with Gasteiger partial charge < -0.3 is 20.3 Å². The molecule has 1 aromatic rings. The largest absolute Gasteiger partial charge is 0.478 e. The molecule has 0 aromatic heterocycles. The van der Waals surface area contributed by atoms with Crippen LogP contribution in [0, 0.1) is 0 Å². The number of benzene rings is 1. The molecule has 1 aromatic carbocycles. The number of nitrogens with one attached hydrogen (secondary N) is 1. The van der Waals surface area contributed by atoms with Crippen molar-refractivity contribution in [3.05, 3.63) is 35.4 Å². The number of hydrogen-bond donors (Lipinski definition) is 3. The van der Waals surface area contributed by atoms with Crippen LogP contribution in [-0.2, 0) is 15.7 Å². The molecule has 0 spiro atoms. The van der Waals surface area contributed by atoms with E-state index in [4.69, 9.17) is 9.84 Å². The molecule has 4 atom stereocenters. The van der Waals surface area contributed by atoms with Crippen LogP contribution in [0.2, 0.25) is 0 Å². The van der Waals surface area contributed by atoms with E-state index in [-0.39, 0.29) is 11.6 Å². The number of carboxylic acids is 1. The standard InChI is InChI=1S/C17H24NO5P/c1-2-3-8-17(21,24-22)15-10-18-14(11-23-15)9-12-4-6-13(7-5-12)16(19)20/h4-7,14-15,18,21H,2-3,8-11H2,1H3,(H,19,20)/p+1/t14-,15-,17?/m1/s1. The average molecular weight is 354 g/mol. The van der Waals surface area contributed by atoms with Crippen LogP contribution in [0.4, 0.5) is 0 Å². The highest BCUT2D eigenvalue weighted by Crippen LogP contribution is 2.33. The fourth-order valence-corrected chi connectivity index (χ4v) is 3.45. The summed E-state index contributed by atoms with van der Waals surface area (Å²) in [5, 5.41) is 21.5. The van der Waals surface area contributed by atoms with Crippen LogP contribution in [-0.4, -0.2) is 46.8 Å². The second-order valence-electron chi connectivity index (χ2n) is 6.26. The number of aliphatic hydroxyl groups is 1. The molecule has 1 saturated heterocycles. The highest BCUT2D eigenvalue weighted by atomic mass is 31.1. The van der Waals surface area contributed by atoms with Gasteiger partial charge in [0.05, 0.1) is 12.2 Å². The quantitative estimate of drug-likeness (QED) is 0.620. The highest BCUT2D eigenvalue weighted by molar-refractivity contribution is 7.25. The number of carboxylic acid groups (broad SMARTS) is 1. The molecule has 2 unspecified atom stereocenters. The van der Waals surface area contributed by atoms with E-state index in [9.17, 15) is 14.5 Å². The van der Waals surface area contributed by atoms with Gasteiger partial charge in [0, 0.05) is 19.0 Å². The van der Waals surface area contributed by atoms with Crippen LogP contribution in [0.1, 0.15) is 42.1 Å². The van der Waals surface area contributed by atoms with E-state index in [0.717, 1.165) is 18.4 Å². The van der Waals surface area contributed by atoms with Gasteiger partial charge in [-0.1, -0.05) is 30.0 Å². The normalized spacial score (nSPS) is 23.8. The van der Waals surface area contributed by atoms with Crippen LogP contribution in [0.5, 0.6) is 0 Å². The van der Waals surface area contributed by atoms with Crippen molar-refractivity contribution in [2.75, 3.05) is 13.2 Å². The summed E-state index contributed by atoms with van der Waals surface area (Å²) in [4.78, 5) is 10.9. The number of ether oxygens (including phenoxy) is 1. The van der Waals surface area contributed by atoms with E-state index in [0.29, 0.717) is 26.0 Å². The predicted octanol–water partition coefficient (Wildman–Crippen LogP) is 2.19. The lowest BCUT2D eigenvalue weighted by molar-refractivity contribution is -0.0884. The molecular weight excluding hydrogens is 329 g/mol. The molecule has 132 valence electrons. The maximum atomic E-state index is 11.4. The van der Waals surface area contributed by atoms with Crippen LogP contribution in [0.25, 0.3) is 0 Å². The van der Waals surface area contributed by atoms with Crippen molar-refractivity contribution in [1.82, 2.24) is 5.32 Å². The third-order valence-electron chi connectivity index (χ3n) is 4.39. The second-order valence-corrected chi connectivity index (χ2v) is 7.33. The van der Waals surface area contributed by atoms with E-state index in [1.54, 1.807) is 24.3 Å². The first kappa shape index (κ1) is 19.0. The summed E-state index contributed by atoms with van der Waals surface area (Å²) in [5.41, 5.74) is 1.29. The number of unbranched alkanes of at least 4 members (excludes halogenated alkanes) is 1. The Morgan fingerprint density at radius 1 is 1.42 bits per heavy atom. The van der Waals surface area contributed by atoms with Gasteiger partial charge in [-0.05, 0) is 30.5 Å². The first-order valence-electron chi connectivity index (χ1n) is 8.27. The first-order valence-corrected chi connectivity index (χ1v) is 9.18. The molecule has 0 saturated carbocycles. The Hall–Kier alpha value is -1.33. The molecule has 0 aliphatic carbocycles. The maximum Gasteiger partial charge on any atom is 0.362 e. The lowest BCUT2D eigenvalue weighted by Crippen LogP contribution is -2.54. The van der Waals surface area contributed by atoms with Gasteiger partial charge in [0.2, 0.25) is 0 Å². The van der Waals surface area contributed by atoms with Gasteiger partial charge >= 0.3 is 14.4 Å². The fraction of sp³-hybridized carbons (Fsp3) is 0.588. The molecule has 0 radical (unpaired) electrons. The van der Waals surface area contributed by atoms with Crippen LogP contribution >= 0.6 is 8.46 Å². The van der Waals surface area contributed by atoms with Crippen molar-refractivity contribution in [2.24, 2.45) is 0 Å². The minimum absolute atomic E-state index is 0.0855. The SMILES string of the molecule is CCCCC(O)([PH+]=O)[C@H]1CN[C@H](Cc2ccc(C(=O)O)cc2)CO1. The number of carbonyl (C=O) groups is 1. The Balaban J connectivity index is 1.88. The summed E-state index contributed by atoms with van der Waals surface area (Å²) < 4.78 is 17.2. The van der Waals surface area contributed by atoms with E-state index >= 15 is 0 Å². The number of hydrogen-bond acceptors (Lipinski definition) is 5. The zero-order valence-corrected chi connectivity index (χ0v) is 14.8. The summed E-state index contributed by atoms with van der Waals surface area (Å²) in [6.07, 6.45) is 2.46. The molecule has 1 fully saturated rings. The summed E-state index contributed by atoms with van der Waals surface area (Å²) in [6.45, 7) is 2.90. The lowest BCUT2D eigenvalue weighted by Gasteiger charge is -2.34. The summed E-state index contributed by atoms with van der Waals surface area (Å²) in [7, 11) is -0.811. The predicted molar refractivity (Wildman–Crippen MR) is 92.1 cm³/mol. The van der Waals surface area contributed by atoms with Gasteiger partial charge in [-0.15, -0.1) is 0 Å². The van der Waals surface area contributed by atoms with E-state index in [1.165, 1.54) is 0 Å². The lowest BCUT2D eigenvalue weighted by atomic mass is 10.0. The molecular formula is C17H25NO5P+. The van der Waals surface area contributed by atoms with Crippen molar-refractivity contribution in [2.45, 2.75) is 50.1 Å². The van der Waals surface area contributed by atoms with Crippen molar-refractivity contribution in [3.8, 4) is 0 Å². The van der Waals surface area contributed by atoms with Crippen LogP contribution < -0.4 is 5.32 Å².